The summed E-state index contributed by atoms with van der Waals surface area (Å²) in [4.78, 5) is 13.7. The lowest BCUT2D eigenvalue weighted by atomic mass is 9.85. The molecular formula is C32H38O19. The summed E-state index contributed by atoms with van der Waals surface area (Å²) < 4.78 is 28.0. The third kappa shape index (κ3) is 6.44. The van der Waals surface area contributed by atoms with E-state index in [1.54, 1.807) is 0 Å². The predicted octanol–water partition coefficient (Wildman–Crippen LogP) is -4.28. The molecule has 19 nitrogen and oxygen atoms in total. The van der Waals surface area contributed by atoms with Crippen molar-refractivity contribution in [2.75, 3.05) is 19.8 Å². The number of phenols is 2. The van der Waals surface area contributed by atoms with Crippen LogP contribution in [0, 0.1) is 0 Å². The zero-order valence-electron chi connectivity index (χ0n) is 26.4. The van der Waals surface area contributed by atoms with E-state index in [4.69, 9.17) is 23.4 Å². The second kappa shape index (κ2) is 14.5. The lowest BCUT2D eigenvalue weighted by Gasteiger charge is -2.41. The Labute approximate surface area is 286 Å². The average Bonchev–Trinajstić information content (AvgIpc) is 3.11. The average molecular weight is 727 g/mol. The zero-order chi connectivity index (χ0) is 37.0. The predicted molar refractivity (Wildman–Crippen MR) is 165 cm³/mol. The summed E-state index contributed by atoms with van der Waals surface area (Å²) in [6.07, 6.45) is -24.0. The Kier molecular flexibility index (Phi) is 10.6. The maximum atomic E-state index is 13.7. The third-order valence-corrected chi connectivity index (χ3v) is 9.40. The molecule has 3 fully saturated rings. The van der Waals surface area contributed by atoms with Crippen LogP contribution in [0.25, 0.3) is 22.3 Å². The molecule has 280 valence electrons. The number of aliphatic hydroxyl groups excluding tert-OH is 11. The molecule has 51 heavy (non-hydrogen) atoms. The van der Waals surface area contributed by atoms with Gasteiger partial charge >= 0.3 is 0 Å². The van der Waals surface area contributed by atoms with Crippen LogP contribution in [0.3, 0.4) is 0 Å². The van der Waals surface area contributed by atoms with Crippen molar-refractivity contribution in [3.05, 3.63) is 51.7 Å². The van der Waals surface area contributed by atoms with Crippen molar-refractivity contribution >= 4 is 11.0 Å². The monoisotopic (exact) mass is 726 g/mol. The van der Waals surface area contributed by atoms with Crippen LogP contribution in [0.15, 0.2) is 39.5 Å². The number of phenolic OH excluding ortho intramolecular Hbond substituents is 2. The molecule has 13 N–H and O–H groups in total. The first-order valence-electron chi connectivity index (χ1n) is 15.8. The Hall–Kier alpha value is -3.51. The van der Waals surface area contributed by atoms with Gasteiger partial charge in [-0.15, -0.1) is 0 Å². The molecule has 0 aliphatic carbocycles. The molecule has 0 saturated carbocycles. The summed E-state index contributed by atoms with van der Waals surface area (Å²) in [5, 5.41) is 135. The summed E-state index contributed by atoms with van der Waals surface area (Å²) in [7, 11) is 0. The Bertz CT molecular complexity index is 1760. The molecule has 0 bridgehead atoms. The van der Waals surface area contributed by atoms with E-state index >= 15 is 0 Å². The van der Waals surface area contributed by atoms with Crippen LogP contribution in [0.5, 0.6) is 17.2 Å². The summed E-state index contributed by atoms with van der Waals surface area (Å²) in [6, 6.07) is 6.40. The Morgan fingerprint density at radius 2 is 1.25 bits per heavy atom. The molecule has 19 heteroatoms. The van der Waals surface area contributed by atoms with Gasteiger partial charge in [-0.25, -0.2) is 0 Å². The third-order valence-electron chi connectivity index (χ3n) is 9.40. The van der Waals surface area contributed by atoms with Crippen LogP contribution in [0.1, 0.15) is 23.3 Å². The minimum Gasteiger partial charge on any atom is -0.507 e. The van der Waals surface area contributed by atoms with Crippen molar-refractivity contribution in [1.29, 1.82) is 0 Å². The number of ether oxygens (including phenoxy) is 4. The Balaban J connectivity index is 1.45. The standard InChI is InChI=1S/C32H38O19/c33-6-14-20(38)24(42)27(45)31(50-14)18-23(41)17(30-26(44)19(37)12(36)8-47-30)22(40)16-11(35)5-13(49-29(16)18)9-1-3-10(4-2-9)48-32-28(46)25(43)21(39)15(7-34)51-32/h1-5,12,14-15,19-21,24-28,30-34,36-46H,6-8H2/t12-,14+,15+,19-,20+,21+,24-,25-,26-,27+,28+,30-,31-,32+/m0/s1. The van der Waals surface area contributed by atoms with Gasteiger partial charge in [0.15, 0.2) is 11.0 Å². The van der Waals surface area contributed by atoms with Gasteiger partial charge in [0.1, 0.15) is 108 Å². The van der Waals surface area contributed by atoms with Gasteiger partial charge in [-0.1, -0.05) is 0 Å². The van der Waals surface area contributed by atoms with Crippen molar-refractivity contribution < 1.29 is 89.7 Å². The topological polar surface area (TPSA) is 330 Å². The van der Waals surface area contributed by atoms with E-state index in [1.165, 1.54) is 24.3 Å². The highest BCUT2D eigenvalue weighted by atomic mass is 16.7. The lowest BCUT2D eigenvalue weighted by Crippen LogP contribution is -2.60. The van der Waals surface area contributed by atoms with E-state index in [9.17, 15) is 71.2 Å². The SMILES string of the molecule is O=c1cc(-c2ccc(O[C@@H]3O[C@H](CO)[C@@H](O)[C@H](O)[C@H]3O)cc2)oc2c([C@@H]3O[C@H](CO)[C@@H](O)[C@H](O)[C@H]3O)c(O)c([C@@H]3OC[C@H](O)[C@H](O)[C@@H]3O)c(O)c12. The number of hydrogen-bond acceptors (Lipinski definition) is 19. The van der Waals surface area contributed by atoms with Gasteiger partial charge in [0.25, 0.3) is 0 Å². The van der Waals surface area contributed by atoms with Crippen LogP contribution in [0.4, 0.5) is 0 Å². The van der Waals surface area contributed by atoms with Crippen LogP contribution >= 0.6 is 0 Å². The molecule has 0 radical (unpaired) electrons. The van der Waals surface area contributed by atoms with Crippen LogP contribution in [-0.4, -0.2) is 160 Å². The van der Waals surface area contributed by atoms with Crippen LogP contribution in [-0.2, 0) is 14.2 Å². The number of benzene rings is 2. The van der Waals surface area contributed by atoms with Crippen molar-refractivity contribution in [3.8, 4) is 28.6 Å². The summed E-state index contributed by atoms with van der Waals surface area (Å²) >= 11 is 0. The minimum atomic E-state index is -2.04. The van der Waals surface area contributed by atoms with Gasteiger partial charge in [0.2, 0.25) is 6.29 Å². The molecule has 14 atom stereocenters. The molecule has 0 amide bonds. The Morgan fingerprint density at radius 3 is 1.88 bits per heavy atom. The molecule has 3 aliphatic rings. The van der Waals surface area contributed by atoms with Gasteiger partial charge in [0.05, 0.1) is 30.9 Å². The quantitative estimate of drug-likeness (QED) is 0.110. The largest absolute Gasteiger partial charge is 0.507 e. The van der Waals surface area contributed by atoms with E-state index in [-0.39, 0.29) is 17.1 Å². The number of hydrogen-bond donors (Lipinski definition) is 13. The van der Waals surface area contributed by atoms with Gasteiger partial charge in [-0.05, 0) is 24.3 Å². The van der Waals surface area contributed by atoms with Crippen molar-refractivity contribution in [2.24, 2.45) is 0 Å². The number of fused-ring (bicyclic) bond motifs is 1. The molecular weight excluding hydrogens is 688 g/mol. The fourth-order valence-electron chi connectivity index (χ4n) is 6.48. The number of aliphatic hydroxyl groups is 11. The van der Waals surface area contributed by atoms with E-state index in [0.29, 0.717) is 0 Å². The smallest absolute Gasteiger partial charge is 0.229 e. The first-order valence-corrected chi connectivity index (χ1v) is 15.8. The fraction of sp³-hybridized carbons (Fsp3) is 0.531. The van der Waals surface area contributed by atoms with Crippen molar-refractivity contribution in [3.63, 3.8) is 0 Å². The molecule has 2 aromatic carbocycles. The molecule has 3 saturated heterocycles. The van der Waals surface area contributed by atoms with Crippen molar-refractivity contribution in [1.82, 2.24) is 0 Å². The molecule has 1 aromatic heterocycles. The van der Waals surface area contributed by atoms with E-state index in [0.717, 1.165) is 6.07 Å². The lowest BCUT2D eigenvalue weighted by molar-refractivity contribution is -0.277. The molecule has 0 spiro atoms. The summed E-state index contributed by atoms with van der Waals surface area (Å²) in [6.45, 7) is -2.12. The highest BCUT2D eigenvalue weighted by molar-refractivity contribution is 5.92. The highest BCUT2D eigenvalue weighted by Gasteiger charge is 2.49. The second-order valence-electron chi connectivity index (χ2n) is 12.6. The molecule has 4 heterocycles. The fourth-order valence-corrected chi connectivity index (χ4v) is 6.48. The van der Waals surface area contributed by atoms with E-state index < -0.39 is 144 Å². The Morgan fingerprint density at radius 1 is 0.667 bits per heavy atom. The van der Waals surface area contributed by atoms with E-state index in [1.807, 2.05) is 0 Å². The normalized spacial score (nSPS) is 37.4. The van der Waals surface area contributed by atoms with Crippen LogP contribution in [0.2, 0.25) is 0 Å². The van der Waals surface area contributed by atoms with Gasteiger partial charge in [0, 0.05) is 11.6 Å². The van der Waals surface area contributed by atoms with E-state index in [2.05, 4.69) is 0 Å². The molecule has 6 rings (SSSR count). The molecule has 3 aromatic rings. The zero-order valence-corrected chi connectivity index (χ0v) is 26.4. The van der Waals surface area contributed by atoms with Gasteiger partial charge in [-0.3, -0.25) is 4.79 Å². The summed E-state index contributed by atoms with van der Waals surface area (Å²) in [5.74, 6) is -2.09. The maximum absolute atomic E-state index is 13.7. The molecule has 0 unspecified atom stereocenters. The van der Waals surface area contributed by atoms with Gasteiger partial charge in [-0.2, -0.15) is 0 Å². The number of aromatic hydroxyl groups is 2. The highest BCUT2D eigenvalue weighted by Crippen LogP contribution is 2.50. The van der Waals surface area contributed by atoms with Crippen molar-refractivity contribution in [2.45, 2.75) is 85.6 Å². The van der Waals surface area contributed by atoms with Crippen LogP contribution < -0.4 is 10.2 Å². The van der Waals surface area contributed by atoms with Gasteiger partial charge < -0.3 is 89.7 Å². The molecule has 3 aliphatic heterocycles. The number of rotatable bonds is 7. The first-order chi connectivity index (χ1) is 24.2. The maximum Gasteiger partial charge on any atom is 0.229 e. The summed E-state index contributed by atoms with van der Waals surface area (Å²) in [5.41, 5.74) is -2.59. The minimum absolute atomic E-state index is 0.0616. The second-order valence-corrected chi connectivity index (χ2v) is 12.6. The first kappa shape index (κ1) is 37.3.